The molecule has 0 saturated heterocycles. The number of fused-ring (bicyclic) bond motifs is 3. The maximum absolute atomic E-state index is 11.8. The van der Waals surface area contributed by atoms with Crippen LogP contribution >= 0.6 is 0 Å². The van der Waals surface area contributed by atoms with Gasteiger partial charge in [0.25, 0.3) is 0 Å². The Morgan fingerprint density at radius 1 is 0.571 bits per heavy atom. The minimum atomic E-state index is -0.956. The number of rotatable bonds is 4. The molecule has 5 rings (SSSR count). The maximum Gasteiger partial charge on any atom is 0.335 e. The van der Waals surface area contributed by atoms with E-state index in [2.05, 4.69) is 24.3 Å². The van der Waals surface area contributed by atoms with Gasteiger partial charge in [0.15, 0.2) is 0 Å². The predicted octanol–water partition coefficient (Wildman–Crippen LogP) is 6.68. The van der Waals surface area contributed by atoms with Gasteiger partial charge in [0.05, 0.1) is 16.5 Å². The molecule has 0 radical (unpaired) electrons. The van der Waals surface area contributed by atoms with Gasteiger partial charge in [-0.15, -0.1) is 0 Å². The van der Waals surface area contributed by atoms with Crippen molar-refractivity contribution in [3.8, 4) is 11.1 Å². The maximum atomic E-state index is 11.8. The Labute approximate surface area is 204 Å². The van der Waals surface area contributed by atoms with E-state index in [1.165, 1.54) is 0 Å². The first-order chi connectivity index (χ1) is 16.7. The summed E-state index contributed by atoms with van der Waals surface area (Å²) in [7, 11) is 0. The Morgan fingerprint density at radius 3 is 1.20 bits per heavy atom. The van der Waals surface area contributed by atoms with E-state index in [0.29, 0.717) is 0 Å². The lowest BCUT2D eigenvalue weighted by atomic mass is 9.63. The van der Waals surface area contributed by atoms with E-state index in [9.17, 15) is 19.8 Å². The van der Waals surface area contributed by atoms with Crippen LogP contribution in [0.25, 0.3) is 11.1 Å². The molecule has 0 spiro atoms. The summed E-state index contributed by atoms with van der Waals surface area (Å²) in [5.41, 5.74) is 9.90. The SMILES string of the molecule is Cc1cc(C(=O)O)cc(C)c1C1(c2c(C)cc(C(=O)O)cc2C)c2ccccc2-c2ccccc21. The second kappa shape index (κ2) is 7.95. The second-order valence-electron chi connectivity index (χ2n) is 9.42. The normalized spacial score (nSPS) is 13.3. The Bertz CT molecular complexity index is 1380. The van der Waals surface area contributed by atoms with E-state index in [0.717, 1.165) is 55.6 Å². The van der Waals surface area contributed by atoms with Gasteiger partial charge >= 0.3 is 11.9 Å². The van der Waals surface area contributed by atoms with E-state index >= 15 is 0 Å². The quantitative estimate of drug-likeness (QED) is 0.312. The lowest BCUT2D eigenvalue weighted by molar-refractivity contribution is 0.0686. The van der Waals surface area contributed by atoms with Crippen molar-refractivity contribution in [2.45, 2.75) is 33.1 Å². The molecule has 2 N–H and O–H groups in total. The molecule has 4 aromatic carbocycles. The fraction of sp³-hybridized carbons (Fsp3) is 0.161. The van der Waals surface area contributed by atoms with Crippen LogP contribution < -0.4 is 0 Å². The van der Waals surface area contributed by atoms with Crippen molar-refractivity contribution in [2.75, 3.05) is 0 Å². The van der Waals surface area contributed by atoms with Crippen LogP contribution in [-0.2, 0) is 5.41 Å². The highest BCUT2D eigenvalue weighted by atomic mass is 16.4. The molecule has 0 heterocycles. The molecule has 0 amide bonds. The summed E-state index contributed by atoms with van der Waals surface area (Å²) in [6.45, 7) is 7.87. The third kappa shape index (κ3) is 3.13. The van der Waals surface area contributed by atoms with Crippen LogP contribution in [0, 0.1) is 27.7 Å². The standard InChI is InChI=1S/C31H26O4/c1-17-13-21(29(32)33)14-18(2)27(17)31(28-19(3)15-22(30(34)35)16-20(28)4)25-11-7-5-9-23(25)24-10-6-8-12-26(24)31/h5-16H,1-4H3,(H,32,33)(H,34,35). The molecule has 0 atom stereocenters. The lowest BCUT2D eigenvalue weighted by Gasteiger charge is -2.38. The van der Waals surface area contributed by atoms with Crippen LogP contribution in [-0.4, -0.2) is 22.2 Å². The highest BCUT2D eigenvalue weighted by Crippen LogP contribution is 2.58. The van der Waals surface area contributed by atoms with Crippen molar-refractivity contribution < 1.29 is 19.8 Å². The highest BCUT2D eigenvalue weighted by Gasteiger charge is 2.49. The van der Waals surface area contributed by atoms with Crippen LogP contribution in [0.1, 0.15) is 65.2 Å². The van der Waals surface area contributed by atoms with Crippen LogP contribution in [0.5, 0.6) is 0 Å². The third-order valence-electron chi connectivity index (χ3n) is 7.26. The van der Waals surface area contributed by atoms with Gasteiger partial charge in [0, 0.05) is 0 Å². The van der Waals surface area contributed by atoms with E-state index in [1.807, 2.05) is 52.0 Å². The third-order valence-corrected chi connectivity index (χ3v) is 7.26. The molecule has 174 valence electrons. The molecular formula is C31H26O4. The van der Waals surface area contributed by atoms with Crippen LogP contribution in [0.15, 0.2) is 72.8 Å². The van der Waals surface area contributed by atoms with E-state index in [-0.39, 0.29) is 11.1 Å². The summed E-state index contributed by atoms with van der Waals surface area (Å²) in [4.78, 5) is 23.7. The number of carboxylic acids is 2. The summed E-state index contributed by atoms with van der Waals surface area (Å²) >= 11 is 0. The lowest BCUT2D eigenvalue weighted by Crippen LogP contribution is -2.33. The first-order valence-electron chi connectivity index (χ1n) is 11.6. The molecule has 4 heteroatoms. The van der Waals surface area contributed by atoms with Crippen LogP contribution in [0.2, 0.25) is 0 Å². The first-order valence-corrected chi connectivity index (χ1v) is 11.6. The van der Waals surface area contributed by atoms with Crippen molar-refractivity contribution in [1.82, 2.24) is 0 Å². The van der Waals surface area contributed by atoms with Crippen molar-refractivity contribution in [3.63, 3.8) is 0 Å². The van der Waals surface area contributed by atoms with Gasteiger partial charge in [-0.3, -0.25) is 0 Å². The molecule has 0 unspecified atom stereocenters. The molecule has 1 aliphatic rings. The van der Waals surface area contributed by atoms with Crippen LogP contribution in [0.4, 0.5) is 0 Å². The number of aromatic carboxylic acids is 2. The fourth-order valence-electron chi connectivity index (χ4n) is 6.26. The average molecular weight is 463 g/mol. The summed E-state index contributed by atoms with van der Waals surface area (Å²) in [6, 6.07) is 23.6. The molecule has 4 aromatic rings. The molecule has 1 aliphatic carbocycles. The zero-order valence-corrected chi connectivity index (χ0v) is 20.1. The van der Waals surface area contributed by atoms with E-state index in [4.69, 9.17) is 0 Å². The topological polar surface area (TPSA) is 74.6 Å². The van der Waals surface area contributed by atoms with Crippen molar-refractivity contribution in [2.24, 2.45) is 0 Å². The summed E-state index contributed by atoms with van der Waals surface area (Å²) < 4.78 is 0. The average Bonchev–Trinajstić information content (AvgIpc) is 3.09. The Kier molecular flexibility index (Phi) is 5.13. The van der Waals surface area contributed by atoms with E-state index < -0.39 is 17.4 Å². The van der Waals surface area contributed by atoms with Gasteiger partial charge in [-0.1, -0.05) is 48.5 Å². The van der Waals surface area contributed by atoms with Gasteiger partial charge in [0.2, 0.25) is 0 Å². The highest BCUT2D eigenvalue weighted by molar-refractivity contribution is 5.92. The molecule has 0 saturated carbocycles. The number of carbonyl (C=O) groups is 2. The number of hydrogen-bond donors (Lipinski definition) is 2. The molecule has 0 fully saturated rings. The van der Waals surface area contributed by atoms with Gasteiger partial charge in [-0.05, 0) is 108 Å². The van der Waals surface area contributed by atoms with Gasteiger partial charge < -0.3 is 10.2 Å². The van der Waals surface area contributed by atoms with Gasteiger partial charge in [0.1, 0.15) is 0 Å². The van der Waals surface area contributed by atoms with Gasteiger partial charge in [-0.25, -0.2) is 9.59 Å². The molecule has 35 heavy (non-hydrogen) atoms. The largest absolute Gasteiger partial charge is 0.478 e. The second-order valence-corrected chi connectivity index (χ2v) is 9.42. The minimum Gasteiger partial charge on any atom is -0.478 e. The number of aryl methyl sites for hydroxylation is 4. The molecule has 0 aromatic heterocycles. The zero-order valence-electron chi connectivity index (χ0n) is 20.1. The number of carboxylic acid groups (broad SMARTS) is 2. The Hall–Kier alpha value is -4.18. The minimum absolute atomic E-state index is 0.258. The molecule has 0 aliphatic heterocycles. The van der Waals surface area contributed by atoms with Crippen molar-refractivity contribution in [1.29, 1.82) is 0 Å². The Morgan fingerprint density at radius 2 is 0.886 bits per heavy atom. The zero-order chi connectivity index (χ0) is 25.1. The van der Waals surface area contributed by atoms with Crippen molar-refractivity contribution in [3.05, 3.63) is 128 Å². The summed E-state index contributed by atoms with van der Waals surface area (Å²) in [5.74, 6) is -1.91. The summed E-state index contributed by atoms with van der Waals surface area (Å²) in [5, 5.41) is 19.4. The fourth-order valence-corrected chi connectivity index (χ4v) is 6.26. The molecule has 4 nitrogen and oxygen atoms in total. The van der Waals surface area contributed by atoms with E-state index in [1.54, 1.807) is 24.3 Å². The monoisotopic (exact) mass is 462 g/mol. The molecule has 0 bridgehead atoms. The number of benzene rings is 4. The predicted molar refractivity (Wildman–Crippen MR) is 137 cm³/mol. The first kappa shape index (κ1) is 22.6. The Balaban J connectivity index is 2.02. The summed E-state index contributed by atoms with van der Waals surface area (Å²) in [6.07, 6.45) is 0. The van der Waals surface area contributed by atoms with Crippen molar-refractivity contribution >= 4 is 11.9 Å². The van der Waals surface area contributed by atoms with Crippen LogP contribution in [0.3, 0.4) is 0 Å². The molecular weight excluding hydrogens is 436 g/mol. The smallest absolute Gasteiger partial charge is 0.335 e. The number of hydrogen-bond acceptors (Lipinski definition) is 2. The van der Waals surface area contributed by atoms with Gasteiger partial charge in [-0.2, -0.15) is 0 Å².